The normalized spacial score (nSPS) is 15.2. The van der Waals surface area contributed by atoms with E-state index in [4.69, 9.17) is 5.73 Å². The van der Waals surface area contributed by atoms with Crippen LogP contribution in [-0.2, 0) is 0 Å². The number of nitrogen functional groups attached to an aromatic ring is 1. The molecule has 7 nitrogen and oxygen atoms in total. The van der Waals surface area contributed by atoms with Crippen molar-refractivity contribution in [1.82, 2.24) is 30.4 Å². The number of nitrogens with two attached hydrogens (primary N) is 1. The van der Waals surface area contributed by atoms with Gasteiger partial charge in [-0.1, -0.05) is 12.1 Å². The number of allylic oxidation sites excluding steroid dienone is 1. The van der Waals surface area contributed by atoms with E-state index in [0.717, 1.165) is 27.8 Å². The Morgan fingerprint density at radius 2 is 2.10 bits per heavy atom. The number of nitrogens with one attached hydrogen (secondary N) is 2. The molecule has 7 heteroatoms. The summed E-state index contributed by atoms with van der Waals surface area (Å²) < 4.78 is 1.59. The summed E-state index contributed by atoms with van der Waals surface area (Å²) in [4.78, 5) is 8.98. The molecule has 2 aromatic heterocycles. The van der Waals surface area contributed by atoms with Gasteiger partial charge < -0.3 is 11.2 Å². The SMILES string of the molecule is CC1=C(c2nc3c4ccccc4nc(N)n3n2)CNN1. The van der Waals surface area contributed by atoms with E-state index in [0.29, 0.717) is 18.3 Å². The number of rotatable bonds is 1. The second kappa shape index (κ2) is 3.91. The lowest BCUT2D eigenvalue weighted by molar-refractivity contribution is 0.701. The highest BCUT2D eigenvalue weighted by atomic mass is 15.4. The topological polar surface area (TPSA) is 93.2 Å². The van der Waals surface area contributed by atoms with Gasteiger partial charge in [-0.25, -0.2) is 15.4 Å². The van der Waals surface area contributed by atoms with E-state index in [1.54, 1.807) is 4.52 Å². The van der Waals surface area contributed by atoms with Crippen molar-refractivity contribution in [3.63, 3.8) is 0 Å². The molecule has 0 atom stereocenters. The maximum atomic E-state index is 5.97. The van der Waals surface area contributed by atoms with Crippen molar-refractivity contribution in [2.24, 2.45) is 0 Å². The summed E-state index contributed by atoms with van der Waals surface area (Å²) >= 11 is 0. The van der Waals surface area contributed by atoms with Crippen molar-refractivity contribution in [1.29, 1.82) is 0 Å². The average molecular weight is 267 g/mol. The van der Waals surface area contributed by atoms with Crippen molar-refractivity contribution in [3.8, 4) is 0 Å². The van der Waals surface area contributed by atoms with Crippen LogP contribution >= 0.6 is 0 Å². The second-order valence-electron chi connectivity index (χ2n) is 4.74. The first-order valence-corrected chi connectivity index (χ1v) is 6.34. The van der Waals surface area contributed by atoms with Gasteiger partial charge in [0.15, 0.2) is 11.5 Å². The van der Waals surface area contributed by atoms with Crippen LogP contribution in [0.5, 0.6) is 0 Å². The van der Waals surface area contributed by atoms with Crippen molar-refractivity contribution in [2.75, 3.05) is 12.3 Å². The van der Waals surface area contributed by atoms with Crippen LogP contribution in [0.25, 0.3) is 22.1 Å². The fourth-order valence-electron chi connectivity index (χ4n) is 2.42. The van der Waals surface area contributed by atoms with Gasteiger partial charge in [0.1, 0.15) is 0 Å². The minimum absolute atomic E-state index is 0.342. The van der Waals surface area contributed by atoms with Gasteiger partial charge >= 0.3 is 0 Å². The number of hydrazine groups is 1. The highest BCUT2D eigenvalue weighted by molar-refractivity contribution is 5.92. The Morgan fingerprint density at radius 1 is 1.25 bits per heavy atom. The maximum absolute atomic E-state index is 5.97. The predicted octanol–water partition coefficient (Wildman–Crippen LogP) is 0.698. The molecule has 0 unspecified atom stereocenters. The highest BCUT2D eigenvalue weighted by Crippen LogP contribution is 2.22. The number of nitrogens with zero attached hydrogens (tertiary/aromatic N) is 4. The minimum Gasteiger partial charge on any atom is -0.368 e. The third kappa shape index (κ3) is 1.47. The van der Waals surface area contributed by atoms with Crippen LogP contribution in [-0.4, -0.2) is 26.1 Å². The van der Waals surface area contributed by atoms with Crippen LogP contribution in [0.3, 0.4) is 0 Å². The zero-order valence-corrected chi connectivity index (χ0v) is 10.9. The number of hydrogen-bond acceptors (Lipinski definition) is 6. The number of fused-ring (bicyclic) bond motifs is 3. The van der Waals surface area contributed by atoms with Crippen LogP contribution < -0.4 is 16.6 Å². The van der Waals surface area contributed by atoms with E-state index in [9.17, 15) is 0 Å². The Balaban J connectivity index is 2.06. The predicted molar refractivity (Wildman–Crippen MR) is 76.4 cm³/mol. The average Bonchev–Trinajstić information content (AvgIpc) is 3.05. The van der Waals surface area contributed by atoms with Crippen LogP contribution in [0, 0.1) is 0 Å². The zero-order valence-electron chi connectivity index (χ0n) is 10.9. The van der Waals surface area contributed by atoms with Crippen molar-refractivity contribution in [3.05, 3.63) is 35.8 Å². The van der Waals surface area contributed by atoms with Crippen LogP contribution in [0.1, 0.15) is 12.7 Å². The number of anilines is 1. The molecule has 0 saturated heterocycles. The molecule has 1 aliphatic rings. The monoisotopic (exact) mass is 267 g/mol. The van der Waals surface area contributed by atoms with E-state index in [-0.39, 0.29) is 0 Å². The largest absolute Gasteiger partial charge is 0.368 e. The first-order chi connectivity index (χ1) is 9.74. The van der Waals surface area contributed by atoms with Gasteiger partial charge in [-0.3, -0.25) is 0 Å². The lowest BCUT2D eigenvalue weighted by Crippen LogP contribution is -2.22. The first-order valence-electron chi connectivity index (χ1n) is 6.34. The van der Waals surface area contributed by atoms with Gasteiger partial charge in [0.2, 0.25) is 5.95 Å². The molecule has 3 heterocycles. The highest BCUT2D eigenvalue weighted by Gasteiger charge is 2.18. The molecule has 4 N–H and O–H groups in total. The molecular weight excluding hydrogens is 254 g/mol. The molecule has 0 bridgehead atoms. The minimum atomic E-state index is 0.342. The number of hydrogen-bond donors (Lipinski definition) is 3. The molecular formula is C13H13N7. The molecule has 3 aromatic rings. The summed E-state index contributed by atoms with van der Waals surface area (Å²) in [5.74, 6) is 1.01. The van der Waals surface area contributed by atoms with Gasteiger partial charge in [0.25, 0.3) is 0 Å². The molecule has 0 amide bonds. The lowest BCUT2D eigenvalue weighted by Gasteiger charge is -2.00. The third-order valence-corrected chi connectivity index (χ3v) is 3.47. The smallest absolute Gasteiger partial charge is 0.223 e. The summed E-state index contributed by atoms with van der Waals surface area (Å²) in [5.41, 5.74) is 15.7. The number of para-hydroxylation sites is 1. The van der Waals surface area contributed by atoms with Gasteiger partial charge in [-0.05, 0) is 19.1 Å². The maximum Gasteiger partial charge on any atom is 0.223 e. The molecule has 20 heavy (non-hydrogen) atoms. The fourth-order valence-corrected chi connectivity index (χ4v) is 2.42. The van der Waals surface area contributed by atoms with Gasteiger partial charge in [0, 0.05) is 23.2 Å². The Kier molecular flexibility index (Phi) is 2.19. The molecule has 0 radical (unpaired) electrons. The molecule has 100 valence electrons. The van der Waals surface area contributed by atoms with Crippen LogP contribution in [0.4, 0.5) is 5.95 Å². The van der Waals surface area contributed by atoms with Gasteiger partial charge in [-0.15, -0.1) is 5.10 Å². The van der Waals surface area contributed by atoms with Crippen LogP contribution in [0.2, 0.25) is 0 Å². The van der Waals surface area contributed by atoms with E-state index >= 15 is 0 Å². The zero-order chi connectivity index (χ0) is 13.7. The second-order valence-corrected chi connectivity index (χ2v) is 4.74. The fraction of sp³-hybridized carbons (Fsp3) is 0.154. The van der Waals surface area contributed by atoms with Gasteiger partial charge in [0.05, 0.1) is 5.52 Å². The van der Waals surface area contributed by atoms with Crippen LogP contribution in [0.15, 0.2) is 30.0 Å². The quantitative estimate of drug-likeness (QED) is 0.601. The number of aromatic nitrogens is 4. The van der Waals surface area contributed by atoms with Gasteiger partial charge in [-0.2, -0.15) is 4.52 Å². The van der Waals surface area contributed by atoms with E-state index < -0.39 is 0 Å². The molecule has 4 rings (SSSR count). The van der Waals surface area contributed by atoms with Crippen molar-refractivity contribution in [2.45, 2.75) is 6.92 Å². The summed E-state index contributed by atoms with van der Waals surface area (Å²) in [6.45, 7) is 2.68. The molecule has 1 aliphatic heterocycles. The molecule has 0 aliphatic carbocycles. The van der Waals surface area contributed by atoms with E-state index in [1.165, 1.54) is 0 Å². The summed E-state index contributed by atoms with van der Waals surface area (Å²) in [6, 6.07) is 7.78. The summed E-state index contributed by atoms with van der Waals surface area (Å²) in [6.07, 6.45) is 0. The van der Waals surface area contributed by atoms with E-state index in [2.05, 4.69) is 25.9 Å². The van der Waals surface area contributed by atoms with Crippen molar-refractivity contribution >= 4 is 28.1 Å². The number of benzene rings is 1. The molecule has 0 fully saturated rings. The molecule has 1 aromatic carbocycles. The Labute approximate surface area is 114 Å². The standard InChI is InChI=1S/C13H13N7/c1-7-9(6-15-18-7)11-17-12-8-4-2-3-5-10(8)16-13(14)20(12)19-11/h2-5,15,18H,6H2,1H3,(H2,14,16). The third-order valence-electron chi connectivity index (χ3n) is 3.47. The Bertz CT molecular complexity index is 862. The summed E-state index contributed by atoms with van der Waals surface area (Å²) in [5, 5.41) is 5.42. The van der Waals surface area contributed by atoms with E-state index in [1.807, 2.05) is 31.2 Å². The molecule has 0 spiro atoms. The lowest BCUT2D eigenvalue weighted by atomic mass is 10.2. The Hall–Kier alpha value is -2.67. The summed E-state index contributed by atoms with van der Waals surface area (Å²) in [7, 11) is 0. The Morgan fingerprint density at radius 3 is 2.90 bits per heavy atom. The van der Waals surface area contributed by atoms with Crippen molar-refractivity contribution < 1.29 is 0 Å². The first kappa shape index (κ1) is 11.2. The molecule has 0 saturated carbocycles.